The highest BCUT2D eigenvalue weighted by Gasteiger charge is 2.16. The number of hydrogen-bond acceptors (Lipinski definition) is 8. The summed E-state index contributed by atoms with van der Waals surface area (Å²) in [6.07, 6.45) is 1.03. The maximum absolute atomic E-state index is 12.2. The predicted molar refractivity (Wildman–Crippen MR) is 109 cm³/mol. The molecular weight excluding hydrogens is 414 g/mol. The van der Waals surface area contributed by atoms with Crippen LogP contribution in [-0.2, 0) is 9.84 Å². The number of sulfone groups is 1. The molecular formula is C18H15N5O4S2. The third-order valence-electron chi connectivity index (χ3n) is 3.98. The molecule has 1 amide bonds. The van der Waals surface area contributed by atoms with Crippen molar-refractivity contribution in [1.29, 1.82) is 0 Å². The summed E-state index contributed by atoms with van der Waals surface area (Å²) in [5, 5.41) is 4.22. The number of nitrogens with one attached hydrogen (secondary N) is 2. The number of fused-ring (bicyclic) bond motifs is 1. The maximum atomic E-state index is 12.2. The van der Waals surface area contributed by atoms with Gasteiger partial charge < -0.3 is 9.72 Å². The van der Waals surface area contributed by atoms with Crippen LogP contribution >= 0.6 is 11.3 Å². The predicted octanol–water partition coefficient (Wildman–Crippen LogP) is 2.75. The third kappa shape index (κ3) is 3.96. The van der Waals surface area contributed by atoms with Gasteiger partial charge in [-0.25, -0.2) is 18.4 Å². The number of carbonyl (C=O) groups excluding carboxylic acids is 1. The number of carbonyl (C=O) groups is 1. The average Bonchev–Trinajstić information content (AvgIpc) is 3.35. The number of aromatic amines is 1. The molecule has 0 fully saturated rings. The number of ether oxygens (including phenoxy) is 1. The van der Waals surface area contributed by atoms with Gasteiger partial charge >= 0.3 is 0 Å². The Kier molecular flexibility index (Phi) is 4.76. The van der Waals surface area contributed by atoms with E-state index >= 15 is 0 Å². The highest BCUT2D eigenvalue weighted by Crippen LogP contribution is 2.26. The first-order chi connectivity index (χ1) is 13.8. The summed E-state index contributed by atoms with van der Waals surface area (Å²) in [7, 11) is -2.21. The molecule has 3 heterocycles. The first kappa shape index (κ1) is 19.0. The van der Waals surface area contributed by atoms with Gasteiger partial charge in [-0.3, -0.25) is 10.1 Å². The Labute approximate surface area is 169 Å². The second-order valence-corrected chi connectivity index (χ2v) is 8.96. The summed E-state index contributed by atoms with van der Waals surface area (Å²) in [6.45, 7) is 0. The van der Waals surface area contributed by atoms with Crippen LogP contribution < -0.4 is 10.1 Å². The van der Waals surface area contributed by atoms with Crippen molar-refractivity contribution in [3.63, 3.8) is 0 Å². The Balaban J connectivity index is 1.70. The van der Waals surface area contributed by atoms with Crippen molar-refractivity contribution in [2.45, 2.75) is 5.16 Å². The molecule has 0 bridgehead atoms. The molecule has 0 atom stereocenters. The SMILES string of the molecule is COc1cc(-c2ccc3[nH]c(NC(=O)c4cccs4)nc3c2)nc(S(C)(=O)=O)n1. The fourth-order valence-electron chi connectivity index (χ4n) is 2.62. The number of hydrogen-bond donors (Lipinski definition) is 2. The zero-order chi connectivity index (χ0) is 20.6. The molecule has 9 nitrogen and oxygen atoms in total. The topological polar surface area (TPSA) is 127 Å². The molecule has 3 aromatic heterocycles. The number of nitrogens with zero attached hydrogens (tertiary/aromatic N) is 3. The minimum absolute atomic E-state index is 0.140. The van der Waals surface area contributed by atoms with Crippen LogP contribution in [0.5, 0.6) is 5.88 Å². The van der Waals surface area contributed by atoms with E-state index in [1.165, 1.54) is 18.4 Å². The molecule has 0 spiro atoms. The smallest absolute Gasteiger partial charge is 0.268 e. The van der Waals surface area contributed by atoms with E-state index in [0.29, 0.717) is 33.1 Å². The van der Waals surface area contributed by atoms with Crippen molar-refractivity contribution >= 4 is 44.1 Å². The minimum Gasteiger partial charge on any atom is -0.481 e. The van der Waals surface area contributed by atoms with E-state index in [4.69, 9.17) is 4.74 Å². The molecule has 0 saturated carbocycles. The monoisotopic (exact) mass is 429 g/mol. The van der Waals surface area contributed by atoms with Gasteiger partial charge in [0.05, 0.1) is 28.7 Å². The van der Waals surface area contributed by atoms with E-state index in [0.717, 1.165) is 6.26 Å². The molecule has 0 unspecified atom stereocenters. The van der Waals surface area contributed by atoms with Gasteiger partial charge in [0.2, 0.25) is 21.7 Å². The van der Waals surface area contributed by atoms with Crippen LogP contribution in [0.2, 0.25) is 0 Å². The van der Waals surface area contributed by atoms with Gasteiger partial charge in [-0.1, -0.05) is 12.1 Å². The number of anilines is 1. The summed E-state index contributed by atoms with van der Waals surface area (Å²) in [5.74, 6) is 0.201. The van der Waals surface area contributed by atoms with Crippen molar-refractivity contribution in [2.75, 3.05) is 18.7 Å². The fraction of sp³-hybridized carbons (Fsp3) is 0.111. The van der Waals surface area contributed by atoms with Gasteiger partial charge in [-0.2, -0.15) is 4.98 Å². The second kappa shape index (κ2) is 7.26. The minimum atomic E-state index is -3.61. The van der Waals surface area contributed by atoms with E-state index in [9.17, 15) is 13.2 Å². The highest BCUT2D eigenvalue weighted by molar-refractivity contribution is 7.90. The number of aromatic nitrogens is 4. The van der Waals surface area contributed by atoms with Crippen molar-refractivity contribution in [3.8, 4) is 17.1 Å². The van der Waals surface area contributed by atoms with Crippen LogP contribution in [0.1, 0.15) is 9.67 Å². The average molecular weight is 429 g/mol. The van der Waals surface area contributed by atoms with E-state index < -0.39 is 9.84 Å². The Morgan fingerprint density at radius 2 is 2.00 bits per heavy atom. The molecule has 4 rings (SSSR count). The van der Waals surface area contributed by atoms with Crippen molar-refractivity contribution in [3.05, 3.63) is 46.7 Å². The molecule has 11 heteroatoms. The van der Waals surface area contributed by atoms with Crippen molar-refractivity contribution < 1.29 is 17.9 Å². The molecule has 0 aliphatic rings. The molecule has 1 aromatic carbocycles. The summed E-state index contributed by atoms with van der Waals surface area (Å²) >= 11 is 1.33. The lowest BCUT2D eigenvalue weighted by Gasteiger charge is -2.06. The highest BCUT2D eigenvalue weighted by atomic mass is 32.2. The molecule has 0 saturated heterocycles. The fourth-order valence-corrected chi connectivity index (χ4v) is 3.76. The number of amides is 1. The van der Waals surface area contributed by atoms with Crippen molar-refractivity contribution in [2.24, 2.45) is 0 Å². The molecule has 29 heavy (non-hydrogen) atoms. The van der Waals surface area contributed by atoms with Crippen LogP contribution in [0.4, 0.5) is 5.95 Å². The van der Waals surface area contributed by atoms with Crippen LogP contribution in [0.3, 0.4) is 0 Å². The number of methoxy groups -OCH3 is 1. The van der Waals surface area contributed by atoms with E-state index in [2.05, 4.69) is 25.3 Å². The molecule has 0 radical (unpaired) electrons. The lowest BCUT2D eigenvalue weighted by atomic mass is 10.1. The van der Waals surface area contributed by atoms with Gasteiger partial charge in [0.25, 0.3) is 11.1 Å². The quantitative estimate of drug-likeness (QED) is 0.467. The van der Waals surface area contributed by atoms with E-state index in [1.54, 1.807) is 36.4 Å². The van der Waals surface area contributed by atoms with Crippen LogP contribution in [0.25, 0.3) is 22.3 Å². The van der Waals surface area contributed by atoms with Gasteiger partial charge in [-0.05, 0) is 23.6 Å². The summed E-state index contributed by atoms with van der Waals surface area (Å²) in [5.41, 5.74) is 2.30. The zero-order valence-electron chi connectivity index (χ0n) is 15.3. The molecule has 4 aromatic rings. The number of thiophene rings is 1. The van der Waals surface area contributed by atoms with Crippen LogP contribution in [0, 0.1) is 0 Å². The third-order valence-corrected chi connectivity index (χ3v) is 5.69. The molecule has 0 aliphatic carbocycles. The molecule has 0 aliphatic heterocycles. The van der Waals surface area contributed by atoms with Crippen LogP contribution in [-0.4, -0.2) is 47.6 Å². The normalized spacial score (nSPS) is 11.5. The summed E-state index contributed by atoms with van der Waals surface area (Å²) in [6, 6.07) is 10.3. The van der Waals surface area contributed by atoms with Gasteiger partial charge in [-0.15, -0.1) is 11.3 Å². The largest absolute Gasteiger partial charge is 0.481 e. The number of rotatable bonds is 5. The van der Waals surface area contributed by atoms with E-state index in [1.807, 2.05) is 5.38 Å². The number of imidazole rings is 1. The Hall–Kier alpha value is -3.31. The van der Waals surface area contributed by atoms with Gasteiger partial charge in [0.15, 0.2) is 0 Å². The molecule has 148 valence electrons. The molecule has 2 N–H and O–H groups in total. The number of benzene rings is 1. The second-order valence-electron chi connectivity index (χ2n) is 6.10. The maximum Gasteiger partial charge on any atom is 0.268 e. The Bertz CT molecular complexity index is 1310. The van der Waals surface area contributed by atoms with E-state index in [-0.39, 0.29) is 16.9 Å². The number of H-pyrrole nitrogens is 1. The first-order valence-electron chi connectivity index (χ1n) is 8.31. The van der Waals surface area contributed by atoms with Gasteiger partial charge in [0.1, 0.15) is 0 Å². The zero-order valence-corrected chi connectivity index (χ0v) is 17.0. The standard InChI is InChI=1S/C18H15N5O4S2/c1-27-15-9-12(21-18(22-15)29(2,25)26)10-5-6-11-13(8-10)20-17(19-11)23-16(24)14-4-3-7-28-14/h3-9H,1-2H3,(H2,19,20,23,24). The Morgan fingerprint density at radius 1 is 1.17 bits per heavy atom. The van der Waals surface area contributed by atoms with Crippen LogP contribution in [0.15, 0.2) is 46.9 Å². The lowest BCUT2D eigenvalue weighted by molar-refractivity contribution is 0.103. The first-order valence-corrected chi connectivity index (χ1v) is 11.1. The van der Waals surface area contributed by atoms with Crippen molar-refractivity contribution in [1.82, 2.24) is 19.9 Å². The Morgan fingerprint density at radius 3 is 2.69 bits per heavy atom. The lowest BCUT2D eigenvalue weighted by Crippen LogP contribution is -2.11. The van der Waals surface area contributed by atoms with Gasteiger partial charge in [0, 0.05) is 17.9 Å². The summed E-state index contributed by atoms with van der Waals surface area (Å²) < 4.78 is 28.8. The summed E-state index contributed by atoms with van der Waals surface area (Å²) in [4.78, 5) is 28.2.